The molecular weight excluding hydrogens is 284 g/mol. The van der Waals surface area contributed by atoms with Gasteiger partial charge < -0.3 is 5.32 Å². The second-order valence-electron chi connectivity index (χ2n) is 4.91. The van der Waals surface area contributed by atoms with E-state index in [-0.39, 0.29) is 6.03 Å². The van der Waals surface area contributed by atoms with Crippen molar-refractivity contribution in [2.45, 2.75) is 6.92 Å². The normalized spacial score (nSPS) is 10.8. The van der Waals surface area contributed by atoms with Gasteiger partial charge in [-0.15, -0.1) is 0 Å². The first-order valence-corrected chi connectivity index (χ1v) is 7.51. The molecule has 6 heteroatoms. The summed E-state index contributed by atoms with van der Waals surface area (Å²) in [4.78, 5) is 13.8. The van der Waals surface area contributed by atoms with E-state index in [1.54, 1.807) is 23.3 Å². The standard InChI is InChI=1S/C15H16N4OS/c1-10-13-5-4-12(8-14(13)17-19(10)3)18(2)15(20)16-11-6-7-21-9-11/h4-9H,1-3H3,(H,16,20). The molecule has 5 nitrogen and oxygen atoms in total. The van der Waals surface area contributed by atoms with Gasteiger partial charge in [0, 0.05) is 36.2 Å². The third kappa shape index (κ3) is 2.50. The Labute approximate surface area is 126 Å². The van der Waals surface area contributed by atoms with E-state index in [1.165, 1.54) is 0 Å². The number of nitrogens with one attached hydrogen (secondary N) is 1. The van der Waals surface area contributed by atoms with E-state index in [4.69, 9.17) is 0 Å². The number of urea groups is 1. The minimum Gasteiger partial charge on any atom is -0.307 e. The SMILES string of the molecule is Cc1c2ccc(N(C)C(=O)Nc3ccsc3)cc2nn1C. The van der Waals surface area contributed by atoms with Gasteiger partial charge in [-0.25, -0.2) is 4.79 Å². The largest absolute Gasteiger partial charge is 0.326 e. The summed E-state index contributed by atoms with van der Waals surface area (Å²) in [5.74, 6) is 0. The van der Waals surface area contributed by atoms with Crippen LogP contribution in [0.4, 0.5) is 16.2 Å². The highest BCUT2D eigenvalue weighted by atomic mass is 32.1. The zero-order valence-electron chi connectivity index (χ0n) is 12.1. The van der Waals surface area contributed by atoms with Crippen LogP contribution in [0.1, 0.15) is 5.69 Å². The number of thiophene rings is 1. The summed E-state index contributed by atoms with van der Waals surface area (Å²) in [5.41, 5.74) is 3.63. The van der Waals surface area contributed by atoms with Crippen LogP contribution in [0.3, 0.4) is 0 Å². The number of hydrogen-bond acceptors (Lipinski definition) is 3. The van der Waals surface area contributed by atoms with E-state index < -0.39 is 0 Å². The smallest absolute Gasteiger partial charge is 0.307 e. The molecule has 2 heterocycles. The molecule has 0 radical (unpaired) electrons. The Morgan fingerprint density at radius 1 is 1.38 bits per heavy atom. The number of amides is 2. The minimum atomic E-state index is -0.166. The van der Waals surface area contributed by atoms with Gasteiger partial charge in [0.2, 0.25) is 0 Å². The highest BCUT2D eigenvalue weighted by molar-refractivity contribution is 7.08. The molecule has 0 fully saturated rings. The van der Waals surface area contributed by atoms with Crippen molar-refractivity contribution >= 4 is 39.6 Å². The van der Waals surface area contributed by atoms with Gasteiger partial charge in [0.15, 0.2) is 0 Å². The molecule has 1 N–H and O–H groups in total. The average Bonchev–Trinajstić information content (AvgIpc) is 3.07. The van der Waals surface area contributed by atoms with Crippen LogP contribution in [0.15, 0.2) is 35.0 Å². The molecule has 0 spiro atoms. The van der Waals surface area contributed by atoms with Crippen molar-refractivity contribution in [3.8, 4) is 0 Å². The molecule has 1 aromatic carbocycles. The van der Waals surface area contributed by atoms with Crippen LogP contribution in [0.5, 0.6) is 0 Å². The molecule has 3 rings (SSSR count). The van der Waals surface area contributed by atoms with Gasteiger partial charge in [-0.05, 0) is 36.6 Å². The van der Waals surface area contributed by atoms with Crippen LogP contribution in [0, 0.1) is 6.92 Å². The Morgan fingerprint density at radius 3 is 2.90 bits per heavy atom. The zero-order chi connectivity index (χ0) is 15.0. The number of carbonyl (C=O) groups excluding carboxylic acids is 1. The second kappa shape index (κ2) is 5.21. The summed E-state index contributed by atoms with van der Waals surface area (Å²) in [7, 11) is 3.67. The lowest BCUT2D eigenvalue weighted by Crippen LogP contribution is -2.30. The average molecular weight is 300 g/mol. The number of aromatic nitrogens is 2. The number of hydrogen-bond donors (Lipinski definition) is 1. The van der Waals surface area contributed by atoms with Crippen LogP contribution in [-0.4, -0.2) is 22.9 Å². The van der Waals surface area contributed by atoms with Gasteiger partial charge in [0.05, 0.1) is 11.2 Å². The molecule has 0 aliphatic carbocycles. The highest BCUT2D eigenvalue weighted by Gasteiger charge is 2.13. The Morgan fingerprint density at radius 2 is 2.19 bits per heavy atom. The molecule has 0 atom stereocenters. The van der Waals surface area contributed by atoms with Crippen LogP contribution in [-0.2, 0) is 7.05 Å². The van der Waals surface area contributed by atoms with Crippen LogP contribution in [0.25, 0.3) is 10.9 Å². The summed E-state index contributed by atoms with van der Waals surface area (Å²) in [6.45, 7) is 2.03. The van der Waals surface area contributed by atoms with Crippen molar-refractivity contribution in [1.29, 1.82) is 0 Å². The summed E-state index contributed by atoms with van der Waals surface area (Å²) in [6.07, 6.45) is 0. The first-order chi connectivity index (χ1) is 10.1. The van der Waals surface area contributed by atoms with E-state index in [1.807, 2.05) is 53.7 Å². The lowest BCUT2D eigenvalue weighted by atomic mass is 10.2. The zero-order valence-corrected chi connectivity index (χ0v) is 12.9. The second-order valence-corrected chi connectivity index (χ2v) is 5.69. The van der Waals surface area contributed by atoms with Gasteiger partial charge >= 0.3 is 6.03 Å². The molecule has 0 saturated carbocycles. The Hall–Kier alpha value is -2.34. The number of nitrogens with zero attached hydrogens (tertiary/aromatic N) is 3. The fraction of sp³-hybridized carbons (Fsp3) is 0.200. The number of anilines is 2. The van der Waals surface area contributed by atoms with Crippen molar-refractivity contribution < 1.29 is 4.79 Å². The highest BCUT2D eigenvalue weighted by Crippen LogP contribution is 2.23. The third-order valence-corrected chi connectivity index (χ3v) is 4.26. The van der Waals surface area contributed by atoms with Gasteiger partial charge in [0.1, 0.15) is 0 Å². The summed E-state index contributed by atoms with van der Waals surface area (Å²) < 4.78 is 1.85. The topological polar surface area (TPSA) is 50.2 Å². The third-order valence-electron chi connectivity index (χ3n) is 3.58. The maximum Gasteiger partial charge on any atom is 0.326 e. The molecular formula is C15H16N4OS. The van der Waals surface area contributed by atoms with Gasteiger partial charge in [-0.2, -0.15) is 16.4 Å². The molecule has 2 amide bonds. The van der Waals surface area contributed by atoms with Crippen molar-refractivity contribution in [3.63, 3.8) is 0 Å². The van der Waals surface area contributed by atoms with Crippen LogP contribution in [0.2, 0.25) is 0 Å². The Bertz CT molecular complexity index is 791. The Balaban J connectivity index is 1.87. The predicted octanol–water partition coefficient (Wildman–Crippen LogP) is 3.61. The van der Waals surface area contributed by atoms with E-state index in [2.05, 4.69) is 10.4 Å². The van der Waals surface area contributed by atoms with Crippen molar-refractivity contribution in [2.75, 3.05) is 17.3 Å². The molecule has 2 aromatic heterocycles. The fourth-order valence-electron chi connectivity index (χ4n) is 2.19. The molecule has 0 unspecified atom stereocenters. The van der Waals surface area contributed by atoms with Crippen LogP contribution >= 0.6 is 11.3 Å². The fourth-order valence-corrected chi connectivity index (χ4v) is 2.78. The molecule has 21 heavy (non-hydrogen) atoms. The van der Waals surface area contributed by atoms with Crippen LogP contribution < -0.4 is 10.2 Å². The summed E-state index contributed by atoms with van der Waals surface area (Å²) in [6, 6.07) is 7.57. The first kappa shape index (κ1) is 13.6. The lowest BCUT2D eigenvalue weighted by Gasteiger charge is -2.17. The van der Waals surface area contributed by atoms with Gasteiger partial charge in [-0.3, -0.25) is 9.58 Å². The van der Waals surface area contributed by atoms with Crippen molar-refractivity contribution in [1.82, 2.24) is 9.78 Å². The summed E-state index contributed by atoms with van der Waals surface area (Å²) in [5, 5.41) is 12.2. The molecule has 0 bridgehead atoms. The quantitative estimate of drug-likeness (QED) is 0.786. The number of benzene rings is 1. The molecule has 108 valence electrons. The number of fused-ring (bicyclic) bond motifs is 1. The minimum absolute atomic E-state index is 0.166. The lowest BCUT2D eigenvalue weighted by molar-refractivity contribution is 0.258. The van der Waals surface area contributed by atoms with E-state index >= 15 is 0 Å². The van der Waals surface area contributed by atoms with E-state index in [0.29, 0.717) is 0 Å². The predicted molar refractivity (Wildman–Crippen MR) is 87.2 cm³/mol. The van der Waals surface area contributed by atoms with Gasteiger partial charge in [-0.1, -0.05) is 0 Å². The molecule has 3 aromatic rings. The first-order valence-electron chi connectivity index (χ1n) is 6.56. The molecule has 0 aliphatic rings. The van der Waals surface area contributed by atoms with Crippen molar-refractivity contribution in [3.05, 3.63) is 40.7 Å². The summed E-state index contributed by atoms with van der Waals surface area (Å²) >= 11 is 1.55. The number of aryl methyl sites for hydroxylation is 2. The number of rotatable bonds is 2. The molecule has 0 saturated heterocycles. The Kier molecular flexibility index (Phi) is 3.39. The monoisotopic (exact) mass is 300 g/mol. The van der Waals surface area contributed by atoms with E-state index in [0.717, 1.165) is 28.0 Å². The molecule has 0 aliphatic heterocycles. The van der Waals surface area contributed by atoms with Gasteiger partial charge in [0.25, 0.3) is 0 Å². The maximum atomic E-state index is 12.2. The van der Waals surface area contributed by atoms with E-state index in [9.17, 15) is 4.79 Å². The maximum absolute atomic E-state index is 12.2. The number of carbonyl (C=O) groups is 1. The van der Waals surface area contributed by atoms with Crippen molar-refractivity contribution in [2.24, 2.45) is 7.05 Å².